The first-order valence-corrected chi connectivity index (χ1v) is 7.74. The Bertz CT molecular complexity index is 933. The maximum absolute atomic E-state index is 13.7. The smallest absolute Gasteiger partial charge is 0.323 e. The molecule has 0 atom stereocenters. The second-order valence-electron chi connectivity index (χ2n) is 6.69. The number of benzene rings is 1. The number of anilines is 1. The molecule has 6 nitrogen and oxygen atoms in total. The van der Waals surface area contributed by atoms with Gasteiger partial charge in [-0.2, -0.15) is 0 Å². The van der Waals surface area contributed by atoms with Crippen molar-refractivity contribution in [2.75, 3.05) is 11.4 Å². The molecule has 0 bridgehead atoms. The zero-order chi connectivity index (χ0) is 18.4. The van der Waals surface area contributed by atoms with Gasteiger partial charge in [-0.15, -0.1) is 0 Å². The first-order chi connectivity index (χ1) is 11.7. The number of carbonyl (C=O) groups excluding carboxylic acids is 1. The van der Waals surface area contributed by atoms with Crippen LogP contribution in [-0.4, -0.2) is 28.1 Å². The molecule has 1 N–H and O–H groups in total. The summed E-state index contributed by atoms with van der Waals surface area (Å²) in [5.41, 5.74) is 0.0504. The molecule has 1 aromatic heterocycles. The third-order valence-corrected chi connectivity index (χ3v) is 4.33. The number of carbonyl (C=O) groups is 2. The van der Waals surface area contributed by atoms with Crippen LogP contribution in [0.3, 0.4) is 0 Å². The Hall–Kier alpha value is -2.96. The molecule has 130 valence electrons. The Morgan fingerprint density at radius 3 is 2.68 bits per heavy atom. The van der Waals surface area contributed by atoms with Crippen molar-refractivity contribution in [2.45, 2.75) is 25.8 Å². The highest BCUT2D eigenvalue weighted by Gasteiger charge is 2.39. The normalized spacial score (nSPS) is 15.1. The van der Waals surface area contributed by atoms with E-state index < -0.39 is 29.8 Å². The van der Waals surface area contributed by atoms with Crippen LogP contribution in [0.25, 0.3) is 0 Å². The van der Waals surface area contributed by atoms with E-state index in [9.17, 15) is 18.8 Å². The molecule has 1 amide bonds. The highest BCUT2D eigenvalue weighted by Crippen LogP contribution is 2.41. The van der Waals surface area contributed by atoms with E-state index in [0.717, 1.165) is 10.1 Å². The number of hydrogen-bond acceptors (Lipinski definition) is 3. The van der Waals surface area contributed by atoms with Gasteiger partial charge in [0.25, 0.3) is 11.5 Å². The summed E-state index contributed by atoms with van der Waals surface area (Å²) in [5.74, 6) is -2.21. The molecule has 25 heavy (non-hydrogen) atoms. The van der Waals surface area contributed by atoms with E-state index in [1.54, 1.807) is 6.07 Å². The number of aliphatic carboxylic acids is 1. The van der Waals surface area contributed by atoms with Crippen molar-refractivity contribution in [1.82, 2.24) is 4.57 Å². The lowest BCUT2D eigenvalue weighted by Crippen LogP contribution is -2.38. The molecule has 1 aliphatic rings. The van der Waals surface area contributed by atoms with Gasteiger partial charge in [0.2, 0.25) is 0 Å². The number of carboxylic acids is 1. The summed E-state index contributed by atoms with van der Waals surface area (Å²) in [7, 11) is 0. The second-order valence-corrected chi connectivity index (χ2v) is 6.69. The molecule has 0 saturated carbocycles. The van der Waals surface area contributed by atoms with Gasteiger partial charge in [0.1, 0.15) is 17.9 Å². The molecule has 0 saturated heterocycles. The maximum Gasteiger partial charge on any atom is 0.323 e. The van der Waals surface area contributed by atoms with Gasteiger partial charge in [-0.25, -0.2) is 4.39 Å². The zero-order valence-corrected chi connectivity index (χ0v) is 13.8. The molecular weight excluding hydrogens is 327 g/mol. The molecule has 0 fully saturated rings. The summed E-state index contributed by atoms with van der Waals surface area (Å²) in [6.07, 6.45) is 1.31. The average molecular weight is 344 g/mol. The minimum absolute atomic E-state index is 0.142. The maximum atomic E-state index is 13.7. The Kier molecular flexibility index (Phi) is 3.94. The number of amides is 1. The standard InChI is InChI=1S/C18H17FN2O4/c1-18(2)10-21(14-8-11(19)5-6-13(14)18)17(25)12-4-3-7-20(16(12)24)9-15(22)23/h3-8H,9-10H2,1-2H3,(H,22,23). The lowest BCUT2D eigenvalue weighted by atomic mass is 9.87. The Balaban J connectivity index is 2.05. The van der Waals surface area contributed by atoms with Gasteiger partial charge in [0.05, 0.1) is 5.69 Å². The minimum atomic E-state index is -1.18. The second kappa shape index (κ2) is 5.84. The van der Waals surface area contributed by atoms with Crippen molar-refractivity contribution in [3.05, 3.63) is 63.8 Å². The largest absolute Gasteiger partial charge is 0.480 e. The molecule has 0 aliphatic carbocycles. The fourth-order valence-corrected chi connectivity index (χ4v) is 3.16. The molecule has 7 heteroatoms. The fraction of sp³-hybridized carbons (Fsp3) is 0.278. The molecule has 1 aliphatic heterocycles. The predicted molar refractivity (Wildman–Crippen MR) is 89.4 cm³/mol. The molecule has 1 aromatic carbocycles. The van der Waals surface area contributed by atoms with Crippen LogP contribution in [0.1, 0.15) is 29.8 Å². The lowest BCUT2D eigenvalue weighted by molar-refractivity contribution is -0.137. The van der Waals surface area contributed by atoms with Gasteiger partial charge in [-0.3, -0.25) is 14.4 Å². The average Bonchev–Trinajstić information content (AvgIpc) is 2.79. The molecule has 2 aromatic rings. The van der Waals surface area contributed by atoms with Crippen molar-refractivity contribution < 1.29 is 19.1 Å². The van der Waals surface area contributed by atoms with E-state index in [2.05, 4.69) is 0 Å². The van der Waals surface area contributed by atoms with E-state index >= 15 is 0 Å². The van der Waals surface area contributed by atoms with Gasteiger partial charge in [0, 0.05) is 18.2 Å². The zero-order valence-electron chi connectivity index (χ0n) is 13.8. The van der Waals surface area contributed by atoms with Crippen LogP contribution in [0.4, 0.5) is 10.1 Å². The first kappa shape index (κ1) is 16.9. The Morgan fingerprint density at radius 2 is 2.00 bits per heavy atom. The number of carboxylic acid groups (broad SMARTS) is 1. The van der Waals surface area contributed by atoms with E-state index in [4.69, 9.17) is 5.11 Å². The van der Waals surface area contributed by atoms with E-state index in [1.807, 2.05) is 13.8 Å². The van der Waals surface area contributed by atoms with Crippen molar-refractivity contribution >= 4 is 17.6 Å². The summed E-state index contributed by atoms with van der Waals surface area (Å²) in [6.45, 7) is 3.64. The van der Waals surface area contributed by atoms with E-state index in [1.165, 1.54) is 35.4 Å². The monoisotopic (exact) mass is 344 g/mol. The molecule has 3 rings (SSSR count). The summed E-state index contributed by atoms with van der Waals surface area (Å²) in [5, 5.41) is 8.86. The number of fused-ring (bicyclic) bond motifs is 1. The van der Waals surface area contributed by atoms with Crippen LogP contribution in [0.2, 0.25) is 0 Å². The highest BCUT2D eigenvalue weighted by atomic mass is 19.1. The Labute approximate surface area is 143 Å². The fourth-order valence-electron chi connectivity index (χ4n) is 3.16. The predicted octanol–water partition coefficient (Wildman–Crippen LogP) is 2.01. The van der Waals surface area contributed by atoms with Gasteiger partial charge >= 0.3 is 5.97 Å². The van der Waals surface area contributed by atoms with E-state index in [-0.39, 0.29) is 11.0 Å². The third kappa shape index (κ3) is 2.93. The number of nitrogens with zero attached hydrogens (tertiary/aromatic N) is 2. The van der Waals surface area contributed by atoms with Crippen LogP contribution in [0.5, 0.6) is 0 Å². The summed E-state index contributed by atoms with van der Waals surface area (Å²) >= 11 is 0. The third-order valence-electron chi connectivity index (χ3n) is 4.33. The highest BCUT2D eigenvalue weighted by molar-refractivity contribution is 6.07. The summed E-state index contributed by atoms with van der Waals surface area (Å²) in [6, 6.07) is 7.07. The van der Waals surface area contributed by atoms with Gasteiger partial charge in [-0.1, -0.05) is 19.9 Å². The number of halogens is 1. The van der Waals surface area contributed by atoms with Crippen molar-refractivity contribution in [3.63, 3.8) is 0 Å². The molecule has 2 heterocycles. The van der Waals surface area contributed by atoms with Crippen LogP contribution in [-0.2, 0) is 16.8 Å². The topological polar surface area (TPSA) is 79.6 Å². The quantitative estimate of drug-likeness (QED) is 0.924. The summed E-state index contributed by atoms with van der Waals surface area (Å²) < 4.78 is 14.6. The molecule has 0 radical (unpaired) electrons. The molecular formula is C18H17FN2O4. The number of aromatic nitrogens is 1. The number of rotatable bonds is 3. The molecule has 0 spiro atoms. The SMILES string of the molecule is CC1(C)CN(C(=O)c2cccn(CC(=O)O)c2=O)c2cc(F)ccc21. The van der Waals surface area contributed by atoms with Gasteiger partial charge in [-0.05, 0) is 29.8 Å². The number of hydrogen-bond donors (Lipinski definition) is 1. The first-order valence-electron chi connectivity index (χ1n) is 7.74. The van der Waals surface area contributed by atoms with Crippen LogP contribution in [0, 0.1) is 5.82 Å². The lowest BCUT2D eigenvalue weighted by Gasteiger charge is -2.20. The van der Waals surface area contributed by atoms with Crippen LogP contribution >= 0.6 is 0 Å². The summed E-state index contributed by atoms with van der Waals surface area (Å²) in [4.78, 5) is 37.6. The van der Waals surface area contributed by atoms with Crippen molar-refractivity contribution in [1.29, 1.82) is 0 Å². The van der Waals surface area contributed by atoms with Gasteiger partial charge in [0.15, 0.2) is 0 Å². The van der Waals surface area contributed by atoms with Crippen LogP contribution < -0.4 is 10.5 Å². The van der Waals surface area contributed by atoms with Crippen molar-refractivity contribution in [2.24, 2.45) is 0 Å². The molecule has 0 unspecified atom stereocenters. The number of pyridine rings is 1. The van der Waals surface area contributed by atoms with Crippen molar-refractivity contribution in [3.8, 4) is 0 Å². The Morgan fingerprint density at radius 1 is 1.28 bits per heavy atom. The minimum Gasteiger partial charge on any atom is -0.480 e. The van der Waals surface area contributed by atoms with E-state index in [0.29, 0.717) is 12.2 Å². The van der Waals surface area contributed by atoms with Gasteiger partial charge < -0.3 is 14.6 Å². The van der Waals surface area contributed by atoms with Crippen LogP contribution in [0.15, 0.2) is 41.3 Å².